The van der Waals surface area contributed by atoms with Gasteiger partial charge >= 0.3 is 0 Å². The smallest absolute Gasteiger partial charge is 0.0602 e. The van der Waals surface area contributed by atoms with Crippen LogP contribution < -0.4 is 0 Å². The fourth-order valence-electron chi connectivity index (χ4n) is 3.28. The molecule has 1 saturated heterocycles. The van der Waals surface area contributed by atoms with Crippen LogP contribution in [0.5, 0.6) is 0 Å². The van der Waals surface area contributed by atoms with Gasteiger partial charge in [0.25, 0.3) is 0 Å². The van der Waals surface area contributed by atoms with E-state index in [4.69, 9.17) is 4.74 Å². The molecule has 2 aromatic carbocycles. The van der Waals surface area contributed by atoms with E-state index in [1.54, 1.807) is 0 Å². The molecule has 2 aliphatic heterocycles. The monoisotopic (exact) mass is 327 g/mol. The van der Waals surface area contributed by atoms with Gasteiger partial charge in [0, 0.05) is 24.5 Å². The molecule has 4 heteroatoms. The van der Waals surface area contributed by atoms with Crippen molar-refractivity contribution >= 4 is 27.6 Å². The van der Waals surface area contributed by atoms with Crippen LogP contribution in [0.2, 0.25) is 0 Å². The van der Waals surface area contributed by atoms with Crippen molar-refractivity contribution in [1.29, 1.82) is 0 Å². The van der Waals surface area contributed by atoms with Crippen molar-refractivity contribution in [2.24, 2.45) is 0 Å². The van der Waals surface area contributed by atoms with Crippen molar-refractivity contribution < 1.29 is 8.95 Å². The highest BCUT2D eigenvalue weighted by molar-refractivity contribution is 7.86. The molecule has 1 fully saturated rings. The number of morpholine rings is 1. The second-order valence-corrected chi connectivity index (χ2v) is 8.10. The summed E-state index contributed by atoms with van der Waals surface area (Å²) in [4.78, 5) is 3.40. The zero-order valence-electron chi connectivity index (χ0n) is 13.3. The van der Waals surface area contributed by atoms with Crippen LogP contribution in [0.15, 0.2) is 41.3 Å². The Morgan fingerprint density at radius 2 is 2.00 bits per heavy atom. The van der Waals surface area contributed by atoms with Gasteiger partial charge in [-0.05, 0) is 47.0 Å². The Hall–Kier alpha value is -1.49. The third kappa shape index (κ3) is 2.99. The summed E-state index contributed by atoms with van der Waals surface area (Å²) in [5.74, 6) is 0. The van der Waals surface area contributed by atoms with E-state index >= 15 is 0 Å². The molecule has 0 spiro atoms. The first-order valence-electron chi connectivity index (χ1n) is 8.16. The van der Waals surface area contributed by atoms with Gasteiger partial charge in [-0.2, -0.15) is 0 Å². The second-order valence-electron chi connectivity index (χ2n) is 6.32. The fourth-order valence-corrected chi connectivity index (χ4v) is 4.50. The largest absolute Gasteiger partial charge is 0.379 e. The number of benzene rings is 2. The molecule has 0 amide bonds. The van der Waals surface area contributed by atoms with Gasteiger partial charge in [-0.3, -0.25) is 9.11 Å². The number of hydrogen-bond donors (Lipinski definition) is 0. The quantitative estimate of drug-likeness (QED) is 0.848. The van der Waals surface area contributed by atoms with Gasteiger partial charge in [0.2, 0.25) is 0 Å². The molecule has 2 heterocycles. The van der Waals surface area contributed by atoms with Crippen molar-refractivity contribution in [2.45, 2.75) is 23.6 Å². The molecule has 23 heavy (non-hydrogen) atoms. The zero-order valence-corrected chi connectivity index (χ0v) is 14.1. The Bertz CT molecular complexity index is 793. The lowest BCUT2D eigenvalue weighted by Gasteiger charge is -2.26. The van der Waals surface area contributed by atoms with E-state index in [1.807, 2.05) is 13.0 Å². The lowest BCUT2D eigenvalue weighted by molar-refractivity contribution is 0.0342. The Kier molecular flexibility index (Phi) is 4.05. The number of fused-ring (bicyclic) bond motifs is 2. The first-order valence-corrected chi connectivity index (χ1v) is 9.37. The lowest BCUT2D eigenvalue weighted by atomic mass is 10.0. The Balaban J connectivity index is 1.67. The highest BCUT2D eigenvalue weighted by Gasteiger charge is 2.19. The molecule has 0 aliphatic carbocycles. The summed E-state index contributed by atoms with van der Waals surface area (Å²) in [5.41, 5.74) is 2.42. The first kappa shape index (κ1) is 15.1. The molecule has 0 N–H and O–H groups in total. The molecule has 2 unspecified atom stereocenters. The lowest BCUT2D eigenvalue weighted by Crippen LogP contribution is -2.35. The van der Waals surface area contributed by atoms with Gasteiger partial charge in [0.1, 0.15) is 0 Å². The number of hydrogen-bond acceptors (Lipinski definition) is 3. The minimum atomic E-state index is -0.936. The predicted molar refractivity (Wildman–Crippen MR) is 94.9 cm³/mol. The number of rotatable bonds is 2. The minimum Gasteiger partial charge on any atom is -0.379 e. The molecule has 2 atom stereocenters. The van der Waals surface area contributed by atoms with E-state index in [9.17, 15) is 4.21 Å². The number of ether oxygens (including phenoxy) is 1. The van der Waals surface area contributed by atoms with Gasteiger partial charge in [-0.25, -0.2) is 0 Å². The van der Waals surface area contributed by atoms with Crippen LogP contribution in [-0.4, -0.2) is 40.7 Å². The van der Waals surface area contributed by atoms with Crippen LogP contribution in [0, 0.1) is 0 Å². The third-order valence-corrected chi connectivity index (χ3v) is 6.26. The summed E-state index contributed by atoms with van der Waals surface area (Å²) in [7, 11) is -0.936. The standard InChI is InChI=1S/C19H21NO2S/c1-14-2-4-17-11-18-10-15(13-20-6-8-22-9-7-20)3-5-16(18)12-19(17)23(14)21/h2-5,10-12,14H,6-9,13H2,1H3. The van der Waals surface area contributed by atoms with Crippen LogP contribution in [-0.2, 0) is 22.1 Å². The molecule has 0 saturated carbocycles. The van der Waals surface area contributed by atoms with E-state index < -0.39 is 10.8 Å². The molecular weight excluding hydrogens is 306 g/mol. The summed E-state index contributed by atoms with van der Waals surface area (Å²) >= 11 is 0. The van der Waals surface area contributed by atoms with Gasteiger partial charge in [0.05, 0.1) is 29.3 Å². The highest BCUT2D eigenvalue weighted by Crippen LogP contribution is 2.30. The van der Waals surface area contributed by atoms with Gasteiger partial charge in [0.15, 0.2) is 0 Å². The summed E-state index contributed by atoms with van der Waals surface area (Å²) in [6, 6.07) is 10.9. The van der Waals surface area contributed by atoms with Gasteiger partial charge < -0.3 is 4.74 Å². The molecular formula is C19H21NO2S. The second kappa shape index (κ2) is 6.19. The van der Waals surface area contributed by atoms with Crippen molar-refractivity contribution in [3.8, 4) is 0 Å². The minimum absolute atomic E-state index is 0.0977. The molecule has 2 aromatic rings. The topological polar surface area (TPSA) is 29.5 Å². The van der Waals surface area contributed by atoms with Crippen LogP contribution in [0.1, 0.15) is 18.1 Å². The molecule has 0 radical (unpaired) electrons. The SMILES string of the molecule is CC1C=Cc2cc3cc(CN4CCOCC4)ccc3cc2S1=O. The van der Waals surface area contributed by atoms with E-state index in [0.717, 1.165) is 43.3 Å². The van der Waals surface area contributed by atoms with Crippen molar-refractivity contribution in [3.05, 3.63) is 47.5 Å². The van der Waals surface area contributed by atoms with Gasteiger partial charge in [-0.15, -0.1) is 0 Å². The molecule has 0 aromatic heterocycles. The molecule has 120 valence electrons. The van der Waals surface area contributed by atoms with Crippen LogP contribution >= 0.6 is 0 Å². The van der Waals surface area contributed by atoms with E-state index in [0.29, 0.717) is 0 Å². The molecule has 0 bridgehead atoms. The van der Waals surface area contributed by atoms with Crippen molar-refractivity contribution in [2.75, 3.05) is 26.3 Å². The van der Waals surface area contributed by atoms with Crippen molar-refractivity contribution in [1.82, 2.24) is 4.90 Å². The Morgan fingerprint density at radius 3 is 2.83 bits per heavy atom. The summed E-state index contributed by atoms with van der Waals surface area (Å²) < 4.78 is 17.8. The maximum Gasteiger partial charge on any atom is 0.0602 e. The maximum absolute atomic E-state index is 12.4. The Morgan fingerprint density at radius 1 is 1.17 bits per heavy atom. The normalized spacial score (nSPS) is 24.7. The van der Waals surface area contributed by atoms with Crippen LogP contribution in [0.3, 0.4) is 0 Å². The maximum atomic E-state index is 12.4. The van der Waals surface area contributed by atoms with E-state index in [1.165, 1.54) is 16.3 Å². The summed E-state index contributed by atoms with van der Waals surface area (Å²) in [6.07, 6.45) is 4.15. The van der Waals surface area contributed by atoms with E-state index in [-0.39, 0.29) is 5.25 Å². The highest BCUT2D eigenvalue weighted by atomic mass is 32.2. The fraction of sp³-hybridized carbons (Fsp3) is 0.368. The van der Waals surface area contributed by atoms with Crippen LogP contribution in [0.25, 0.3) is 16.8 Å². The predicted octanol–water partition coefficient (Wildman–Crippen LogP) is 3.19. The zero-order chi connectivity index (χ0) is 15.8. The number of nitrogens with zero attached hydrogens (tertiary/aromatic N) is 1. The van der Waals surface area contributed by atoms with Crippen LogP contribution in [0.4, 0.5) is 0 Å². The molecule has 3 nitrogen and oxygen atoms in total. The third-order valence-electron chi connectivity index (χ3n) is 4.64. The van der Waals surface area contributed by atoms with E-state index in [2.05, 4.69) is 41.3 Å². The first-order chi connectivity index (χ1) is 11.2. The molecule has 2 aliphatic rings. The molecule has 4 rings (SSSR count). The van der Waals surface area contributed by atoms with Gasteiger partial charge in [-0.1, -0.05) is 24.3 Å². The Labute approximate surface area is 139 Å². The summed E-state index contributed by atoms with van der Waals surface area (Å²) in [6.45, 7) is 6.63. The average molecular weight is 327 g/mol. The van der Waals surface area contributed by atoms with Crippen molar-refractivity contribution in [3.63, 3.8) is 0 Å². The average Bonchev–Trinajstić information content (AvgIpc) is 2.58. The summed E-state index contributed by atoms with van der Waals surface area (Å²) in [5, 5.41) is 2.50.